The molecule has 4 aliphatic carbocycles. The lowest BCUT2D eigenvalue weighted by Crippen LogP contribution is -2.49. The van der Waals surface area contributed by atoms with Crippen LogP contribution in [0.3, 0.4) is 0 Å². The van der Waals surface area contributed by atoms with Crippen LogP contribution in [0.5, 0.6) is 0 Å². The van der Waals surface area contributed by atoms with Gasteiger partial charge in [0.05, 0.1) is 6.54 Å². The smallest absolute Gasteiger partial charge is 0.239 e. The van der Waals surface area contributed by atoms with Gasteiger partial charge in [-0.1, -0.05) is 0 Å². The van der Waals surface area contributed by atoms with Crippen LogP contribution in [0.4, 0.5) is 0 Å². The van der Waals surface area contributed by atoms with Crippen molar-refractivity contribution in [3.05, 3.63) is 0 Å². The maximum absolute atomic E-state index is 12.3. The van der Waals surface area contributed by atoms with E-state index in [-0.39, 0.29) is 42.2 Å². The van der Waals surface area contributed by atoms with Gasteiger partial charge >= 0.3 is 0 Å². The van der Waals surface area contributed by atoms with Gasteiger partial charge in [-0.3, -0.25) is 9.59 Å². The fourth-order valence-corrected chi connectivity index (χ4v) is 5.47. The number of hydrogen-bond donors (Lipinski definition) is 3. The Morgan fingerprint density at radius 1 is 1.09 bits per heavy atom. The molecule has 0 aromatic heterocycles. The number of nitrogens with two attached hydrogens (primary N) is 1. The Morgan fingerprint density at radius 3 is 2.09 bits per heavy atom. The van der Waals surface area contributed by atoms with Crippen LogP contribution in [0, 0.1) is 23.2 Å². The van der Waals surface area contributed by atoms with Crippen LogP contribution in [0.25, 0.3) is 0 Å². The van der Waals surface area contributed by atoms with Gasteiger partial charge in [0.2, 0.25) is 11.8 Å². The van der Waals surface area contributed by atoms with E-state index in [4.69, 9.17) is 5.73 Å². The Balaban J connectivity index is 0.00000192. The topological polar surface area (TPSA) is 84.2 Å². The first-order valence-electron chi connectivity index (χ1n) is 8.74. The number of carbonyl (C=O) groups excluding carboxylic acids is 2. The second-order valence-electron chi connectivity index (χ2n) is 8.08. The SMILES string of the molecule is C[C@@H](CN)NC(=O)CNC(=O)CC12CC3CC(CC(C3)C1)C2.Cl. The summed E-state index contributed by atoms with van der Waals surface area (Å²) in [7, 11) is 0. The second kappa shape index (κ2) is 7.39. The Kier molecular flexibility index (Phi) is 5.95. The zero-order valence-corrected chi connectivity index (χ0v) is 14.8. The number of hydrogen-bond acceptors (Lipinski definition) is 3. The fraction of sp³-hybridized carbons (Fsp3) is 0.882. The van der Waals surface area contributed by atoms with E-state index in [0.29, 0.717) is 13.0 Å². The molecule has 4 fully saturated rings. The normalized spacial score (nSPS) is 35.3. The Morgan fingerprint density at radius 2 is 1.61 bits per heavy atom. The maximum Gasteiger partial charge on any atom is 0.239 e. The molecule has 1 atom stereocenters. The molecule has 23 heavy (non-hydrogen) atoms. The zero-order valence-electron chi connectivity index (χ0n) is 14.0. The van der Waals surface area contributed by atoms with Gasteiger partial charge in [-0.15, -0.1) is 12.4 Å². The number of rotatable bonds is 6. The summed E-state index contributed by atoms with van der Waals surface area (Å²) >= 11 is 0. The summed E-state index contributed by atoms with van der Waals surface area (Å²) in [5.41, 5.74) is 5.71. The minimum atomic E-state index is -0.156. The van der Waals surface area contributed by atoms with E-state index in [9.17, 15) is 9.59 Å². The molecule has 5 nitrogen and oxygen atoms in total. The molecule has 6 heteroatoms. The van der Waals surface area contributed by atoms with Gasteiger partial charge in [-0.25, -0.2) is 0 Å². The quantitative estimate of drug-likeness (QED) is 0.684. The standard InChI is InChI=1S/C17H29N3O2.ClH/c1-11(9-18)20-16(22)10-19-15(21)8-17-5-12-2-13(6-17)4-14(3-12)7-17;/h11-14H,2-10,18H2,1H3,(H,19,21)(H,20,22);1H/t11-,12?,13?,14?,17?;/m0./s1. The van der Waals surface area contributed by atoms with Crippen LogP contribution in [-0.2, 0) is 9.59 Å². The highest BCUT2D eigenvalue weighted by atomic mass is 35.5. The maximum atomic E-state index is 12.3. The lowest BCUT2D eigenvalue weighted by atomic mass is 9.49. The third kappa shape index (κ3) is 4.38. The molecule has 0 spiro atoms. The average Bonchev–Trinajstić information content (AvgIpc) is 2.43. The van der Waals surface area contributed by atoms with E-state index in [0.717, 1.165) is 17.8 Å². The monoisotopic (exact) mass is 343 g/mol. The van der Waals surface area contributed by atoms with Crippen LogP contribution in [0.2, 0.25) is 0 Å². The third-order valence-electron chi connectivity index (χ3n) is 5.91. The molecule has 0 unspecified atom stereocenters. The summed E-state index contributed by atoms with van der Waals surface area (Å²) < 4.78 is 0. The Bertz CT molecular complexity index is 420. The minimum absolute atomic E-state index is 0. The van der Waals surface area contributed by atoms with Crippen LogP contribution in [0.15, 0.2) is 0 Å². The van der Waals surface area contributed by atoms with Crippen LogP contribution in [0.1, 0.15) is 51.9 Å². The molecule has 132 valence electrons. The van der Waals surface area contributed by atoms with Crippen molar-refractivity contribution in [2.75, 3.05) is 13.1 Å². The number of nitrogens with one attached hydrogen (secondary N) is 2. The van der Waals surface area contributed by atoms with Gasteiger partial charge in [0, 0.05) is 19.0 Å². The van der Waals surface area contributed by atoms with Crippen molar-refractivity contribution < 1.29 is 9.59 Å². The van der Waals surface area contributed by atoms with Crippen molar-refractivity contribution in [3.63, 3.8) is 0 Å². The van der Waals surface area contributed by atoms with E-state index < -0.39 is 0 Å². The van der Waals surface area contributed by atoms with Gasteiger partial charge < -0.3 is 16.4 Å². The highest BCUT2D eigenvalue weighted by Gasteiger charge is 2.51. The summed E-state index contributed by atoms with van der Waals surface area (Å²) in [5, 5.41) is 5.56. The Hall–Kier alpha value is -0.810. The first kappa shape index (κ1) is 18.5. The second-order valence-corrected chi connectivity index (χ2v) is 8.08. The van der Waals surface area contributed by atoms with Gasteiger partial charge in [-0.05, 0) is 68.6 Å². The van der Waals surface area contributed by atoms with Crippen LogP contribution >= 0.6 is 12.4 Å². The largest absolute Gasteiger partial charge is 0.351 e. The molecule has 4 aliphatic rings. The number of halogens is 1. The third-order valence-corrected chi connectivity index (χ3v) is 5.91. The summed E-state index contributed by atoms with van der Waals surface area (Å²) in [6.07, 6.45) is 8.45. The molecule has 0 saturated heterocycles. The summed E-state index contributed by atoms with van der Waals surface area (Å²) in [6.45, 7) is 2.33. The van der Waals surface area contributed by atoms with Crippen molar-refractivity contribution in [2.45, 2.75) is 57.9 Å². The molecular formula is C17H30ClN3O2. The van der Waals surface area contributed by atoms with Crippen molar-refractivity contribution in [2.24, 2.45) is 28.9 Å². The molecule has 4 saturated carbocycles. The number of carbonyl (C=O) groups is 2. The molecule has 0 heterocycles. The fourth-order valence-electron chi connectivity index (χ4n) is 5.47. The molecule has 4 bridgehead atoms. The summed E-state index contributed by atoms with van der Waals surface area (Å²) in [4.78, 5) is 24.0. The predicted octanol–water partition coefficient (Wildman–Crippen LogP) is 1.59. The van der Waals surface area contributed by atoms with Crippen molar-refractivity contribution in [1.29, 1.82) is 0 Å². The molecular weight excluding hydrogens is 314 g/mol. The average molecular weight is 344 g/mol. The van der Waals surface area contributed by atoms with Crippen molar-refractivity contribution in [1.82, 2.24) is 10.6 Å². The van der Waals surface area contributed by atoms with E-state index in [2.05, 4.69) is 10.6 Å². The highest BCUT2D eigenvalue weighted by molar-refractivity contribution is 5.85. The van der Waals surface area contributed by atoms with Crippen LogP contribution < -0.4 is 16.4 Å². The lowest BCUT2D eigenvalue weighted by Gasteiger charge is -2.56. The van der Waals surface area contributed by atoms with Crippen molar-refractivity contribution in [3.8, 4) is 0 Å². The molecule has 0 aliphatic heterocycles. The molecule has 4 rings (SSSR count). The zero-order chi connectivity index (χ0) is 15.7. The van der Waals surface area contributed by atoms with E-state index in [1.807, 2.05) is 6.92 Å². The van der Waals surface area contributed by atoms with Gasteiger partial charge in [0.1, 0.15) is 0 Å². The highest BCUT2D eigenvalue weighted by Crippen LogP contribution is 2.61. The first-order chi connectivity index (χ1) is 10.5. The first-order valence-corrected chi connectivity index (χ1v) is 8.74. The minimum Gasteiger partial charge on any atom is -0.351 e. The number of amides is 2. The predicted molar refractivity (Wildman–Crippen MR) is 92.1 cm³/mol. The Labute approximate surface area is 144 Å². The van der Waals surface area contributed by atoms with Crippen LogP contribution in [-0.4, -0.2) is 30.9 Å². The molecule has 0 aromatic carbocycles. The van der Waals surface area contributed by atoms with Gasteiger partial charge in [0.15, 0.2) is 0 Å². The van der Waals surface area contributed by atoms with E-state index in [1.165, 1.54) is 38.5 Å². The van der Waals surface area contributed by atoms with E-state index >= 15 is 0 Å². The molecule has 0 aromatic rings. The van der Waals surface area contributed by atoms with E-state index in [1.54, 1.807) is 0 Å². The van der Waals surface area contributed by atoms with Gasteiger partial charge in [0.25, 0.3) is 0 Å². The van der Waals surface area contributed by atoms with Crippen molar-refractivity contribution >= 4 is 24.2 Å². The molecule has 2 amide bonds. The summed E-state index contributed by atoms with van der Waals surface area (Å²) in [6, 6.07) is -0.0486. The lowest BCUT2D eigenvalue weighted by molar-refractivity contribution is -0.132. The summed E-state index contributed by atoms with van der Waals surface area (Å²) in [5.74, 6) is 2.45. The van der Waals surface area contributed by atoms with Gasteiger partial charge in [-0.2, -0.15) is 0 Å². The molecule has 0 radical (unpaired) electrons. The molecule has 4 N–H and O–H groups in total.